The minimum absolute atomic E-state index is 0.0817. The number of rotatable bonds is 6. The Morgan fingerprint density at radius 2 is 2.04 bits per heavy atom. The second-order valence-electron chi connectivity index (χ2n) is 6.51. The van der Waals surface area contributed by atoms with Crippen molar-refractivity contribution in [1.29, 1.82) is 0 Å². The Morgan fingerprint density at radius 1 is 1.26 bits per heavy atom. The fourth-order valence-corrected chi connectivity index (χ4v) is 2.31. The molecule has 0 saturated carbocycles. The summed E-state index contributed by atoms with van der Waals surface area (Å²) in [5, 5.41) is 3.39. The molecule has 0 atom stereocenters. The van der Waals surface area contributed by atoms with E-state index >= 15 is 0 Å². The Morgan fingerprint density at radius 3 is 2.70 bits per heavy atom. The van der Waals surface area contributed by atoms with E-state index in [-0.39, 0.29) is 5.41 Å². The average Bonchev–Trinajstić information content (AvgIpc) is 2.54. The molecule has 1 aromatic heterocycles. The molecule has 124 valence electrons. The molecule has 1 heterocycles. The van der Waals surface area contributed by atoms with E-state index < -0.39 is 0 Å². The van der Waals surface area contributed by atoms with Gasteiger partial charge in [-0.05, 0) is 25.1 Å². The first-order chi connectivity index (χ1) is 11.0. The maximum Gasteiger partial charge on any atom is 0.159 e. The van der Waals surface area contributed by atoms with Crippen molar-refractivity contribution in [3.63, 3.8) is 0 Å². The van der Waals surface area contributed by atoms with E-state index in [1.165, 1.54) is 0 Å². The van der Waals surface area contributed by atoms with Crippen molar-refractivity contribution in [2.24, 2.45) is 5.73 Å². The average molecular weight is 314 g/mol. The molecule has 0 aliphatic rings. The zero-order valence-corrected chi connectivity index (χ0v) is 14.4. The van der Waals surface area contributed by atoms with Gasteiger partial charge in [-0.15, -0.1) is 0 Å². The van der Waals surface area contributed by atoms with Crippen molar-refractivity contribution >= 4 is 5.69 Å². The van der Waals surface area contributed by atoms with Crippen LogP contribution in [0.25, 0.3) is 11.4 Å². The van der Waals surface area contributed by atoms with Crippen LogP contribution in [0.3, 0.4) is 0 Å². The molecule has 0 spiro atoms. The molecule has 0 radical (unpaired) electrons. The molecule has 5 nitrogen and oxygen atoms in total. The highest BCUT2D eigenvalue weighted by Gasteiger charge is 2.21. The minimum Gasteiger partial charge on any atom is -0.497 e. The van der Waals surface area contributed by atoms with Crippen molar-refractivity contribution in [3.05, 3.63) is 36.2 Å². The molecule has 5 heteroatoms. The highest BCUT2D eigenvalue weighted by Crippen LogP contribution is 2.30. The zero-order chi connectivity index (χ0) is 16.9. The summed E-state index contributed by atoms with van der Waals surface area (Å²) >= 11 is 0. The van der Waals surface area contributed by atoms with Gasteiger partial charge in [-0.25, -0.2) is 9.97 Å². The van der Waals surface area contributed by atoms with Gasteiger partial charge in [0, 0.05) is 17.5 Å². The first-order valence-electron chi connectivity index (χ1n) is 7.91. The Hall–Kier alpha value is -2.14. The zero-order valence-electron chi connectivity index (χ0n) is 14.4. The fraction of sp³-hybridized carbons (Fsp3) is 0.444. The van der Waals surface area contributed by atoms with Crippen molar-refractivity contribution < 1.29 is 4.74 Å². The maximum atomic E-state index is 5.56. The van der Waals surface area contributed by atoms with E-state index in [2.05, 4.69) is 31.1 Å². The summed E-state index contributed by atoms with van der Waals surface area (Å²) in [5.74, 6) is 1.51. The summed E-state index contributed by atoms with van der Waals surface area (Å²) in [6.07, 6.45) is 2.78. The number of methoxy groups -OCH3 is 1. The lowest BCUT2D eigenvalue weighted by Gasteiger charge is -2.22. The van der Waals surface area contributed by atoms with Crippen molar-refractivity contribution in [2.75, 3.05) is 25.5 Å². The summed E-state index contributed by atoms with van der Waals surface area (Å²) in [7, 11) is 1.66. The minimum atomic E-state index is -0.0817. The lowest BCUT2D eigenvalue weighted by atomic mass is 9.90. The van der Waals surface area contributed by atoms with Crippen LogP contribution in [0.2, 0.25) is 0 Å². The van der Waals surface area contributed by atoms with Gasteiger partial charge < -0.3 is 15.8 Å². The third kappa shape index (κ3) is 4.42. The van der Waals surface area contributed by atoms with Gasteiger partial charge in [0.1, 0.15) is 5.75 Å². The molecule has 2 aromatic rings. The number of hydrogen-bond acceptors (Lipinski definition) is 5. The predicted octanol–water partition coefficient (Wildman–Crippen LogP) is 3.21. The van der Waals surface area contributed by atoms with Gasteiger partial charge in [-0.1, -0.05) is 32.9 Å². The molecular formula is C18H26N4O. The van der Waals surface area contributed by atoms with E-state index in [1.807, 2.05) is 30.5 Å². The Kier molecular flexibility index (Phi) is 5.55. The van der Waals surface area contributed by atoms with E-state index in [0.29, 0.717) is 12.4 Å². The van der Waals surface area contributed by atoms with Gasteiger partial charge >= 0.3 is 0 Å². The van der Waals surface area contributed by atoms with E-state index in [4.69, 9.17) is 15.5 Å². The monoisotopic (exact) mass is 314 g/mol. The number of ether oxygens (including phenoxy) is 1. The summed E-state index contributed by atoms with van der Waals surface area (Å²) in [4.78, 5) is 9.32. The van der Waals surface area contributed by atoms with Crippen LogP contribution in [-0.4, -0.2) is 30.2 Å². The highest BCUT2D eigenvalue weighted by atomic mass is 16.5. The topological polar surface area (TPSA) is 73.1 Å². The van der Waals surface area contributed by atoms with Crippen LogP contribution in [0.4, 0.5) is 5.69 Å². The second kappa shape index (κ2) is 7.42. The van der Waals surface area contributed by atoms with Crippen LogP contribution in [0, 0.1) is 0 Å². The van der Waals surface area contributed by atoms with E-state index in [1.54, 1.807) is 7.11 Å². The van der Waals surface area contributed by atoms with Crippen LogP contribution in [-0.2, 0) is 5.41 Å². The molecule has 0 aliphatic carbocycles. The fourth-order valence-electron chi connectivity index (χ4n) is 2.31. The Bertz CT molecular complexity index is 650. The van der Waals surface area contributed by atoms with Crippen LogP contribution in [0.15, 0.2) is 30.5 Å². The van der Waals surface area contributed by atoms with E-state index in [9.17, 15) is 0 Å². The van der Waals surface area contributed by atoms with E-state index in [0.717, 1.165) is 35.7 Å². The van der Waals surface area contributed by atoms with Crippen LogP contribution in [0.1, 0.15) is 32.9 Å². The summed E-state index contributed by atoms with van der Waals surface area (Å²) in [6, 6.07) is 7.80. The summed E-state index contributed by atoms with van der Waals surface area (Å²) < 4.78 is 5.28. The van der Waals surface area contributed by atoms with Gasteiger partial charge in [-0.3, -0.25) is 0 Å². The molecule has 2 rings (SSSR count). The van der Waals surface area contributed by atoms with Crippen molar-refractivity contribution in [2.45, 2.75) is 32.6 Å². The number of benzene rings is 1. The quantitative estimate of drug-likeness (QED) is 0.801. The summed E-state index contributed by atoms with van der Waals surface area (Å²) in [6.45, 7) is 7.94. The van der Waals surface area contributed by atoms with Crippen molar-refractivity contribution in [3.8, 4) is 17.1 Å². The number of nitrogens with two attached hydrogens (primary N) is 1. The molecular weight excluding hydrogens is 288 g/mol. The van der Waals surface area contributed by atoms with Gasteiger partial charge in [0.25, 0.3) is 0 Å². The second-order valence-corrected chi connectivity index (χ2v) is 6.51. The lowest BCUT2D eigenvalue weighted by Crippen LogP contribution is -2.19. The SMILES string of the molecule is COc1cccc(-c2ncc(NCCCN)c(C(C)(C)C)n2)c1. The summed E-state index contributed by atoms with van der Waals surface area (Å²) in [5.41, 5.74) is 8.40. The number of hydrogen-bond donors (Lipinski definition) is 2. The third-order valence-corrected chi connectivity index (χ3v) is 3.52. The standard InChI is InChI=1S/C18H26N4O/c1-18(2,3)16-15(20-10-6-9-19)12-21-17(22-16)13-7-5-8-14(11-13)23-4/h5,7-8,11-12,20H,6,9-10,19H2,1-4H3. The lowest BCUT2D eigenvalue weighted by molar-refractivity contribution is 0.415. The normalized spacial score (nSPS) is 11.3. The third-order valence-electron chi connectivity index (χ3n) is 3.52. The van der Waals surface area contributed by atoms with Gasteiger partial charge in [0.05, 0.1) is 24.7 Å². The number of nitrogens with one attached hydrogen (secondary N) is 1. The molecule has 0 fully saturated rings. The maximum absolute atomic E-state index is 5.56. The van der Waals surface area contributed by atoms with Crippen LogP contribution < -0.4 is 15.8 Å². The number of anilines is 1. The molecule has 23 heavy (non-hydrogen) atoms. The van der Waals surface area contributed by atoms with Gasteiger partial charge in [0.2, 0.25) is 0 Å². The van der Waals surface area contributed by atoms with Gasteiger partial charge in [-0.2, -0.15) is 0 Å². The number of aromatic nitrogens is 2. The first kappa shape index (κ1) is 17.2. The molecule has 0 unspecified atom stereocenters. The molecule has 1 aromatic carbocycles. The molecule has 0 amide bonds. The van der Waals surface area contributed by atoms with Crippen LogP contribution in [0.5, 0.6) is 5.75 Å². The first-order valence-corrected chi connectivity index (χ1v) is 7.91. The predicted molar refractivity (Wildman–Crippen MR) is 94.9 cm³/mol. The molecule has 0 bridgehead atoms. The molecule has 3 N–H and O–H groups in total. The molecule has 0 saturated heterocycles. The smallest absolute Gasteiger partial charge is 0.159 e. The van der Waals surface area contributed by atoms with Gasteiger partial charge in [0.15, 0.2) is 5.82 Å². The Balaban J connectivity index is 2.39. The molecule has 0 aliphatic heterocycles. The number of nitrogens with zero attached hydrogens (tertiary/aromatic N) is 2. The van der Waals surface area contributed by atoms with Crippen molar-refractivity contribution in [1.82, 2.24) is 9.97 Å². The highest BCUT2D eigenvalue weighted by molar-refractivity contribution is 5.60. The largest absolute Gasteiger partial charge is 0.497 e. The Labute approximate surface area is 138 Å². The van der Waals surface area contributed by atoms with Crippen LogP contribution >= 0.6 is 0 Å².